The van der Waals surface area contributed by atoms with Gasteiger partial charge in [0.2, 0.25) is 0 Å². The quantitative estimate of drug-likeness (QED) is 0.368. The van der Waals surface area contributed by atoms with Gasteiger partial charge in [-0.3, -0.25) is 14.5 Å². The molecule has 0 aliphatic carbocycles. The summed E-state index contributed by atoms with van der Waals surface area (Å²) in [6, 6.07) is 21.6. The molecule has 1 heterocycles. The first-order valence-corrected chi connectivity index (χ1v) is 9.65. The Morgan fingerprint density at radius 2 is 1.57 bits per heavy atom. The highest BCUT2D eigenvalue weighted by Crippen LogP contribution is 2.44. The van der Waals surface area contributed by atoms with E-state index in [1.54, 1.807) is 72.8 Å². The highest BCUT2D eigenvalue weighted by atomic mass is 35.5. The minimum atomic E-state index is -0.848. The number of carbonyl (C=O) groups is 2. The molecular formula is C24H18ClNO4. The van der Waals surface area contributed by atoms with Crippen LogP contribution in [0.25, 0.3) is 5.76 Å². The van der Waals surface area contributed by atoms with Gasteiger partial charge in [0.25, 0.3) is 11.7 Å². The monoisotopic (exact) mass is 419 g/mol. The van der Waals surface area contributed by atoms with Crippen LogP contribution in [-0.2, 0) is 9.59 Å². The molecular weight excluding hydrogens is 402 g/mol. The zero-order valence-corrected chi connectivity index (χ0v) is 16.8. The molecule has 0 bridgehead atoms. The van der Waals surface area contributed by atoms with E-state index in [2.05, 4.69) is 0 Å². The summed E-state index contributed by atoms with van der Waals surface area (Å²) in [7, 11) is 1.52. The van der Waals surface area contributed by atoms with Crippen molar-refractivity contribution in [3.05, 3.63) is 101 Å². The molecule has 5 nitrogen and oxygen atoms in total. The summed E-state index contributed by atoms with van der Waals surface area (Å²) < 4.78 is 5.49. The molecule has 1 N–H and O–H groups in total. The number of anilines is 1. The van der Waals surface area contributed by atoms with Crippen molar-refractivity contribution in [3.8, 4) is 5.75 Å². The predicted molar refractivity (Wildman–Crippen MR) is 116 cm³/mol. The van der Waals surface area contributed by atoms with Crippen LogP contribution in [-0.4, -0.2) is 23.9 Å². The number of rotatable bonds is 4. The van der Waals surface area contributed by atoms with E-state index in [0.29, 0.717) is 27.6 Å². The first kappa shape index (κ1) is 19.7. The zero-order chi connectivity index (χ0) is 21.3. The molecule has 1 saturated heterocycles. The van der Waals surface area contributed by atoms with Crippen molar-refractivity contribution in [3.63, 3.8) is 0 Å². The van der Waals surface area contributed by atoms with Gasteiger partial charge in [0.15, 0.2) is 0 Å². The van der Waals surface area contributed by atoms with Gasteiger partial charge in [-0.25, -0.2) is 0 Å². The minimum absolute atomic E-state index is 0.00400. The fourth-order valence-corrected chi connectivity index (χ4v) is 3.76. The average Bonchev–Trinajstić information content (AvgIpc) is 3.04. The largest absolute Gasteiger partial charge is 0.507 e. The number of aliphatic hydroxyl groups is 1. The Balaban J connectivity index is 1.98. The van der Waals surface area contributed by atoms with Gasteiger partial charge in [-0.05, 0) is 42.5 Å². The topological polar surface area (TPSA) is 66.8 Å². The number of methoxy groups -OCH3 is 1. The normalized spacial score (nSPS) is 17.9. The van der Waals surface area contributed by atoms with Crippen molar-refractivity contribution < 1.29 is 19.4 Å². The SMILES string of the molecule is COc1ccccc1[C@@H]1C(=C(O)c2ccc(Cl)cc2)C(=O)C(=O)N1c1ccccc1. The van der Waals surface area contributed by atoms with E-state index in [-0.39, 0.29) is 11.3 Å². The van der Waals surface area contributed by atoms with E-state index in [1.165, 1.54) is 12.0 Å². The van der Waals surface area contributed by atoms with Crippen LogP contribution in [0, 0.1) is 0 Å². The number of hydrogen-bond donors (Lipinski definition) is 1. The fraction of sp³-hybridized carbons (Fsp3) is 0.0833. The second-order valence-electron chi connectivity index (χ2n) is 6.75. The van der Waals surface area contributed by atoms with Crippen LogP contribution in [0.3, 0.4) is 0 Å². The summed E-state index contributed by atoms with van der Waals surface area (Å²) in [4.78, 5) is 27.5. The lowest BCUT2D eigenvalue weighted by molar-refractivity contribution is -0.132. The Morgan fingerprint density at radius 3 is 2.23 bits per heavy atom. The van der Waals surface area contributed by atoms with Gasteiger partial charge in [0.1, 0.15) is 11.5 Å². The highest BCUT2D eigenvalue weighted by molar-refractivity contribution is 6.51. The number of ether oxygens (including phenoxy) is 1. The third kappa shape index (κ3) is 3.33. The summed E-state index contributed by atoms with van der Waals surface area (Å²) in [6.45, 7) is 0. The number of ketones is 1. The Labute approximate surface area is 178 Å². The number of carbonyl (C=O) groups excluding carboxylic acids is 2. The molecule has 3 aromatic carbocycles. The third-order valence-corrected chi connectivity index (χ3v) is 5.28. The number of halogens is 1. The van der Waals surface area contributed by atoms with Gasteiger partial charge in [-0.2, -0.15) is 0 Å². The number of aliphatic hydroxyl groups excluding tert-OH is 1. The minimum Gasteiger partial charge on any atom is -0.507 e. The van der Waals surface area contributed by atoms with Gasteiger partial charge in [-0.15, -0.1) is 0 Å². The van der Waals surface area contributed by atoms with Crippen LogP contribution in [0.2, 0.25) is 5.02 Å². The van der Waals surface area contributed by atoms with Crippen molar-refractivity contribution in [1.29, 1.82) is 0 Å². The maximum atomic E-state index is 13.1. The highest BCUT2D eigenvalue weighted by Gasteiger charge is 2.47. The number of hydrogen-bond acceptors (Lipinski definition) is 4. The standard InChI is InChI=1S/C24H18ClNO4/c1-30-19-10-6-5-9-18(19)21-20(22(27)15-11-13-16(25)14-12-15)23(28)24(29)26(21)17-7-3-2-4-8-17/h2-14,21,27H,1H3/t21-/m1/s1. The summed E-state index contributed by atoms with van der Waals surface area (Å²) in [5.74, 6) is -1.23. The van der Waals surface area contributed by atoms with Crippen LogP contribution in [0.1, 0.15) is 17.2 Å². The number of Topliss-reactive ketones (excluding diaryl/α,β-unsaturated/α-hetero) is 1. The first-order valence-electron chi connectivity index (χ1n) is 9.28. The van der Waals surface area contributed by atoms with Crippen molar-refractivity contribution in [1.82, 2.24) is 0 Å². The Kier molecular flexibility index (Phi) is 5.29. The Morgan fingerprint density at radius 1 is 0.933 bits per heavy atom. The number of para-hydroxylation sites is 2. The molecule has 1 aliphatic heterocycles. The van der Waals surface area contributed by atoms with Crippen LogP contribution < -0.4 is 9.64 Å². The van der Waals surface area contributed by atoms with E-state index >= 15 is 0 Å². The second-order valence-corrected chi connectivity index (χ2v) is 7.19. The van der Waals surface area contributed by atoms with Crippen molar-refractivity contribution in [2.75, 3.05) is 12.0 Å². The maximum absolute atomic E-state index is 13.1. The summed E-state index contributed by atoms with van der Waals surface area (Å²) in [6.07, 6.45) is 0. The lowest BCUT2D eigenvalue weighted by atomic mass is 9.94. The predicted octanol–water partition coefficient (Wildman–Crippen LogP) is 4.97. The van der Waals surface area contributed by atoms with E-state index in [9.17, 15) is 14.7 Å². The van der Waals surface area contributed by atoms with E-state index in [1.807, 2.05) is 6.07 Å². The molecule has 150 valence electrons. The molecule has 0 aromatic heterocycles. The first-order chi connectivity index (χ1) is 14.5. The summed E-state index contributed by atoms with van der Waals surface area (Å²) in [5.41, 5.74) is 1.53. The smallest absolute Gasteiger partial charge is 0.300 e. The van der Waals surface area contributed by atoms with Crippen molar-refractivity contribution in [2.45, 2.75) is 6.04 Å². The molecule has 4 rings (SSSR count). The Hall–Kier alpha value is -3.57. The molecule has 0 saturated carbocycles. The van der Waals surface area contributed by atoms with Crippen molar-refractivity contribution in [2.24, 2.45) is 0 Å². The van der Waals surface area contributed by atoms with Crippen LogP contribution in [0.15, 0.2) is 84.4 Å². The number of benzene rings is 3. The van der Waals surface area contributed by atoms with Crippen LogP contribution in [0.5, 0.6) is 5.75 Å². The van der Waals surface area contributed by atoms with E-state index in [4.69, 9.17) is 16.3 Å². The molecule has 1 amide bonds. The molecule has 3 aromatic rings. The van der Waals surface area contributed by atoms with Crippen molar-refractivity contribution >= 4 is 34.7 Å². The number of amides is 1. The van der Waals surface area contributed by atoms with Gasteiger partial charge in [-0.1, -0.05) is 48.0 Å². The Bertz CT molecular complexity index is 1140. The second kappa shape index (κ2) is 8.05. The third-order valence-electron chi connectivity index (χ3n) is 5.03. The van der Waals surface area contributed by atoms with Gasteiger partial charge in [0.05, 0.1) is 18.7 Å². The molecule has 1 aliphatic rings. The average molecular weight is 420 g/mol. The zero-order valence-electron chi connectivity index (χ0n) is 16.1. The van der Waals surface area contributed by atoms with Gasteiger partial charge in [0, 0.05) is 21.8 Å². The lowest BCUT2D eigenvalue weighted by Gasteiger charge is -2.26. The van der Waals surface area contributed by atoms with Crippen LogP contribution >= 0.6 is 11.6 Å². The molecule has 0 spiro atoms. The molecule has 0 unspecified atom stereocenters. The molecule has 1 atom stereocenters. The summed E-state index contributed by atoms with van der Waals surface area (Å²) >= 11 is 5.95. The van der Waals surface area contributed by atoms with Crippen LogP contribution in [0.4, 0.5) is 5.69 Å². The molecule has 0 radical (unpaired) electrons. The fourth-order valence-electron chi connectivity index (χ4n) is 3.64. The lowest BCUT2D eigenvalue weighted by Crippen LogP contribution is -2.29. The van der Waals surface area contributed by atoms with Gasteiger partial charge < -0.3 is 9.84 Å². The maximum Gasteiger partial charge on any atom is 0.300 e. The number of nitrogens with zero attached hydrogens (tertiary/aromatic N) is 1. The molecule has 30 heavy (non-hydrogen) atoms. The van der Waals surface area contributed by atoms with Gasteiger partial charge >= 0.3 is 0 Å². The molecule has 1 fully saturated rings. The summed E-state index contributed by atoms with van der Waals surface area (Å²) in [5, 5.41) is 11.6. The van der Waals surface area contributed by atoms with E-state index in [0.717, 1.165) is 0 Å². The van der Waals surface area contributed by atoms with E-state index < -0.39 is 17.7 Å². The molecule has 6 heteroatoms.